The van der Waals surface area contributed by atoms with Crippen LogP contribution in [-0.2, 0) is 4.79 Å². The van der Waals surface area contributed by atoms with E-state index < -0.39 is 10.4 Å². The Balaban J connectivity index is 2.55. The second-order valence-electron chi connectivity index (χ2n) is 5.06. The average molecular weight is 420 g/mol. The van der Waals surface area contributed by atoms with E-state index in [0.29, 0.717) is 0 Å². The Morgan fingerprint density at radius 1 is 1.38 bits per heavy atom. The first-order valence-electron chi connectivity index (χ1n) is 6.44. The zero-order valence-electron chi connectivity index (χ0n) is 11.7. The Morgan fingerprint density at radius 3 is 2.43 bits per heavy atom. The van der Waals surface area contributed by atoms with Crippen LogP contribution in [0.15, 0.2) is 30.3 Å². The fourth-order valence-corrected chi connectivity index (χ4v) is 3.45. The molecule has 1 aliphatic rings. The van der Waals surface area contributed by atoms with Gasteiger partial charge in [-0.15, -0.1) is 0 Å². The van der Waals surface area contributed by atoms with Crippen molar-refractivity contribution in [2.45, 2.75) is 23.5 Å². The van der Waals surface area contributed by atoms with Gasteiger partial charge in [-0.25, -0.2) is 9.59 Å². The first kappa shape index (κ1) is 16.3. The SMILES string of the molecule is C[C@H]1[C@@H](c2ccccc2)N(C(Br)(CBr)C(=O)O)C(=O)N1C. The Morgan fingerprint density at radius 2 is 1.95 bits per heavy atom. The minimum absolute atomic E-state index is 0.0883. The van der Waals surface area contributed by atoms with Crippen LogP contribution in [0, 0.1) is 0 Å². The molecule has 1 aromatic rings. The summed E-state index contributed by atoms with van der Waals surface area (Å²) in [7, 11) is 1.69. The standard InChI is InChI=1S/C14H16Br2N2O3/c1-9-11(10-6-4-3-5-7-10)18(13(21)17(9)2)14(16,8-15)12(19)20/h3-7,9,11H,8H2,1-2H3,(H,19,20)/t9-,11-,14?/m0/s1. The highest BCUT2D eigenvalue weighted by Crippen LogP contribution is 2.42. The number of nitrogens with zero attached hydrogens (tertiary/aromatic N) is 2. The topological polar surface area (TPSA) is 60.9 Å². The van der Waals surface area contributed by atoms with Crippen LogP contribution < -0.4 is 0 Å². The maximum atomic E-state index is 12.5. The van der Waals surface area contributed by atoms with Gasteiger partial charge in [0.25, 0.3) is 0 Å². The Bertz CT molecular complexity index is 554. The largest absolute Gasteiger partial charge is 0.479 e. The van der Waals surface area contributed by atoms with E-state index >= 15 is 0 Å². The normalized spacial score (nSPS) is 25.0. The predicted molar refractivity (Wildman–Crippen MR) is 86.7 cm³/mol. The minimum Gasteiger partial charge on any atom is -0.479 e. The fraction of sp³-hybridized carbons (Fsp3) is 0.429. The van der Waals surface area contributed by atoms with E-state index in [1.807, 2.05) is 37.3 Å². The van der Waals surface area contributed by atoms with Crippen molar-refractivity contribution in [1.29, 1.82) is 0 Å². The van der Waals surface area contributed by atoms with Crippen molar-refractivity contribution in [2.24, 2.45) is 0 Å². The van der Waals surface area contributed by atoms with Gasteiger partial charge in [0.15, 0.2) is 0 Å². The van der Waals surface area contributed by atoms with Gasteiger partial charge in [-0.2, -0.15) is 0 Å². The molecule has 0 saturated carbocycles. The van der Waals surface area contributed by atoms with E-state index in [0.717, 1.165) is 5.56 Å². The van der Waals surface area contributed by atoms with Crippen LogP contribution in [0.3, 0.4) is 0 Å². The second-order valence-corrected chi connectivity index (χ2v) is 6.93. The van der Waals surface area contributed by atoms with Crippen molar-refractivity contribution in [3.8, 4) is 0 Å². The maximum absolute atomic E-state index is 12.5. The molecule has 1 aromatic carbocycles. The Labute approximate surface area is 140 Å². The number of carbonyl (C=O) groups is 2. The molecule has 0 aliphatic carbocycles. The minimum atomic E-state index is -1.48. The smallest absolute Gasteiger partial charge is 0.341 e. The number of hydrogen-bond acceptors (Lipinski definition) is 2. The molecule has 21 heavy (non-hydrogen) atoms. The van der Waals surface area contributed by atoms with Crippen molar-refractivity contribution >= 4 is 43.9 Å². The number of benzene rings is 1. The summed E-state index contributed by atoms with van der Waals surface area (Å²) in [4.78, 5) is 27.2. The van der Waals surface area contributed by atoms with E-state index in [4.69, 9.17) is 0 Å². The summed E-state index contributed by atoms with van der Waals surface area (Å²) in [5.41, 5.74) is 0.911. The van der Waals surface area contributed by atoms with Crippen LogP contribution in [0.4, 0.5) is 4.79 Å². The van der Waals surface area contributed by atoms with Gasteiger partial charge in [0, 0.05) is 12.4 Å². The first-order valence-corrected chi connectivity index (χ1v) is 8.35. The van der Waals surface area contributed by atoms with E-state index in [9.17, 15) is 14.7 Å². The van der Waals surface area contributed by atoms with Crippen LogP contribution in [0.2, 0.25) is 0 Å². The van der Waals surface area contributed by atoms with Crippen LogP contribution in [0.25, 0.3) is 0 Å². The van der Waals surface area contributed by atoms with Crippen LogP contribution >= 0.6 is 31.9 Å². The third-order valence-corrected chi connectivity index (χ3v) is 6.45. The molecule has 0 bridgehead atoms. The molecule has 1 aliphatic heterocycles. The molecular formula is C14H16Br2N2O3. The number of likely N-dealkylation sites (N-methyl/N-ethyl adjacent to an activating group) is 1. The van der Waals surface area contributed by atoms with Gasteiger partial charge in [0.05, 0.1) is 12.1 Å². The molecular weight excluding hydrogens is 404 g/mol. The van der Waals surface area contributed by atoms with Crippen LogP contribution in [0.1, 0.15) is 18.5 Å². The number of rotatable bonds is 4. The lowest BCUT2D eigenvalue weighted by Gasteiger charge is -2.36. The molecule has 2 amide bonds. The molecule has 7 heteroatoms. The zero-order valence-corrected chi connectivity index (χ0v) is 14.8. The lowest BCUT2D eigenvalue weighted by molar-refractivity contribution is -0.143. The third kappa shape index (κ3) is 2.57. The molecule has 0 spiro atoms. The van der Waals surface area contributed by atoms with Gasteiger partial charge < -0.3 is 10.0 Å². The monoisotopic (exact) mass is 418 g/mol. The molecule has 5 nitrogen and oxygen atoms in total. The van der Waals surface area contributed by atoms with Crippen molar-refractivity contribution in [1.82, 2.24) is 9.80 Å². The van der Waals surface area contributed by atoms with Crippen molar-refractivity contribution in [3.05, 3.63) is 35.9 Å². The third-order valence-electron chi connectivity index (χ3n) is 3.88. The molecule has 1 fully saturated rings. The number of alkyl halides is 2. The molecule has 2 rings (SSSR count). The van der Waals surface area contributed by atoms with Crippen LogP contribution in [-0.4, -0.2) is 49.8 Å². The molecule has 0 radical (unpaired) electrons. The number of aliphatic carboxylic acids is 1. The van der Waals surface area contributed by atoms with Gasteiger partial charge in [0.1, 0.15) is 0 Å². The van der Waals surface area contributed by atoms with Crippen LogP contribution in [0.5, 0.6) is 0 Å². The van der Waals surface area contributed by atoms with Crippen molar-refractivity contribution in [3.63, 3.8) is 0 Å². The number of hydrogen-bond donors (Lipinski definition) is 1. The van der Waals surface area contributed by atoms with Crippen molar-refractivity contribution < 1.29 is 14.7 Å². The molecule has 1 N–H and O–H groups in total. The second kappa shape index (κ2) is 5.96. The van der Waals surface area contributed by atoms with Gasteiger partial charge in [0.2, 0.25) is 4.45 Å². The molecule has 1 heterocycles. The number of carbonyl (C=O) groups excluding carboxylic acids is 1. The van der Waals surface area contributed by atoms with Gasteiger partial charge in [-0.05, 0) is 28.4 Å². The summed E-state index contributed by atoms with van der Waals surface area (Å²) in [5.74, 6) is -1.10. The fourth-order valence-electron chi connectivity index (χ4n) is 2.57. The summed E-state index contributed by atoms with van der Waals surface area (Å²) in [6, 6.07) is 8.69. The molecule has 3 atom stereocenters. The summed E-state index contributed by atoms with van der Waals surface area (Å²) >= 11 is 6.45. The number of carboxylic acids is 1. The highest BCUT2D eigenvalue weighted by atomic mass is 79.9. The molecule has 1 unspecified atom stereocenters. The van der Waals surface area contributed by atoms with Crippen molar-refractivity contribution in [2.75, 3.05) is 12.4 Å². The van der Waals surface area contributed by atoms with Gasteiger partial charge in [-0.3, -0.25) is 4.90 Å². The van der Waals surface area contributed by atoms with E-state index in [1.54, 1.807) is 11.9 Å². The predicted octanol–water partition coefficient (Wildman–Crippen LogP) is 3.05. The molecule has 114 valence electrons. The first-order chi connectivity index (χ1) is 9.84. The quantitative estimate of drug-likeness (QED) is 0.602. The maximum Gasteiger partial charge on any atom is 0.341 e. The Hall–Kier alpha value is -1.08. The lowest BCUT2D eigenvalue weighted by atomic mass is 9.99. The lowest BCUT2D eigenvalue weighted by Crippen LogP contribution is -2.53. The van der Waals surface area contributed by atoms with Gasteiger partial charge >= 0.3 is 12.0 Å². The summed E-state index contributed by atoms with van der Waals surface area (Å²) in [5, 5.41) is 9.65. The highest BCUT2D eigenvalue weighted by molar-refractivity contribution is 9.12. The number of halogens is 2. The summed E-state index contributed by atoms with van der Waals surface area (Å²) in [6.07, 6.45) is 0. The average Bonchev–Trinajstić information content (AvgIpc) is 2.71. The number of amides is 2. The van der Waals surface area contributed by atoms with E-state index in [-0.39, 0.29) is 23.4 Å². The highest BCUT2D eigenvalue weighted by Gasteiger charge is 2.54. The van der Waals surface area contributed by atoms with E-state index in [1.165, 1.54) is 4.90 Å². The molecule has 1 saturated heterocycles. The number of urea groups is 1. The molecule has 0 aromatic heterocycles. The summed E-state index contributed by atoms with van der Waals surface area (Å²) in [6.45, 7) is 1.92. The number of carboxylic acid groups (broad SMARTS) is 1. The van der Waals surface area contributed by atoms with E-state index in [2.05, 4.69) is 31.9 Å². The summed E-state index contributed by atoms with van der Waals surface area (Å²) < 4.78 is -1.48. The zero-order chi connectivity index (χ0) is 15.8. The van der Waals surface area contributed by atoms with Gasteiger partial charge in [-0.1, -0.05) is 46.3 Å². The Kier molecular flexibility index (Phi) is 4.63.